The summed E-state index contributed by atoms with van der Waals surface area (Å²) in [5.74, 6) is 0. The second-order valence-corrected chi connectivity index (χ2v) is 22.7. The van der Waals surface area contributed by atoms with Crippen molar-refractivity contribution in [3.05, 3.63) is 0 Å². The van der Waals surface area contributed by atoms with Crippen LogP contribution in [0.1, 0.15) is 32.6 Å². The van der Waals surface area contributed by atoms with Crippen LogP contribution in [0.4, 0.5) is 0 Å². The summed E-state index contributed by atoms with van der Waals surface area (Å²) in [7, 11) is 0. The Kier molecular flexibility index (Phi) is 7.56. The molecular weight excluding hydrogens is 163 g/mol. The summed E-state index contributed by atoms with van der Waals surface area (Å²) >= 11 is 1.15. The molecule has 0 atom stereocenters. The summed E-state index contributed by atoms with van der Waals surface area (Å²) in [4.78, 5) is 0. The first-order valence-electron chi connectivity index (χ1n) is 4.56. The molecule has 0 saturated heterocycles. The molecule has 0 fully saturated rings. The van der Waals surface area contributed by atoms with E-state index in [1.807, 2.05) is 0 Å². The van der Waals surface area contributed by atoms with Gasteiger partial charge in [-0.1, -0.05) is 0 Å². The molecule has 0 aliphatic carbocycles. The van der Waals surface area contributed by atoms with Crippen molar-refractivity contribution in [2.24, 2.45) is 0 Å². The van der Waals surface area contributed by atoms with Gasteiger partial charge in [-0.25, -0.2) is 0 Å². The topological polar surface area (TPSA) is 0 Å². The van der Waals surface area contributed by atoms with E-state index in [-0.39, 0.29) is 0 Å². The van der Waals surface area contributed by atoms with E-state index < -0.39 is 0.755 Å². The van der Waals surface area contributed by atoms with E-state index in [0.29, 0.717) is 0 Å². The van der Waals surface area contributed by atoms with Gasteiger partial charge in [0, 0.05) is 0 Å². The number of rotatable bonds is 5. The minimum absolute atomic E-state index is 0.520. The van der Waals surface area contributed by atoms with Crippen molar-refractivity contribution in [1.82, 2.24) is 0 Å². The zero-order valence-corrected chi connectivity index (χ0v) is 12.2. The van der Waals surface area contributed by atoms with E-state index in [4.69, 9.17) is 0 Å². The molecule has 56 valence electrons. The van der Waals surface area contributed by atoms with Gasteiger partial charge in [0.1, 0.15) is 0 Å². The van der Waals surface area contributed by atoms with E-state index >= 15 is 0 Å². The van der Waals surface area contributed by atoms with Gasteiger partial charge in [-0.3, -0.25) is 0 Å². The summed E-state index contributed by atoms with van der Waals surface area (Å²) in [5, 5.41) is 0. The number of hydrogen-bond acceptors (Lipinski definition) is 0. The molecular formula is C8H19KSi. The van der Waals surface area contributed by atoms with Crippen LogP contribution >= 0.6 is 0 Å². The summed E-state index contributed by atoms with van der Waals surface area (Å²) in [6.45, 7) is 7.37. The first kappa shape index (κ1) is 11.9. The summed E-state index contributed by atoms with van der Waals surface area (Å²) in [6, 6.07) is 1.60. The normalized spacial score (nSPS) is 12.1. The van der Waals surface area contributed by atoms with E-state index in [1.165, 1.54) is 25.7 Å². The molecule has 0 amide bonds. The molecule has 0 nitrogen and oxygen atoms in total. The van der Waals surface area contributed by atoms with Crippen LogP contribution in [0, 0.1) is 0 Å². The maximum absolute atomic E-state index is 2.54. The van der Waals surface area contributed by atoms with Gasteiger partial charge < -0.3 is 0 Å². The third kappa shape index (κ3) is 9.85. The van der Waals surface area contributed by atoms with Crippen molar-refractivity contribution in [3.8, 4) is 0 Å². The van der Waals surface area contributed by atoms with E-state index in [1.54, 1.807) is 6.04 Å². The minimum atomic E-state index is -0.520. The van der Waals surface area contributed by atoms with Gasteiger partial charge in [0.25, 0.3) is 0 Å². The Hall–Kier alpha value is 1.85. The van der Waals surface area contributed by atoms with Crippen LogP contribution in [0.5, 0.6) is 0 Å². The maximum atomic E-state index is 2.54. The second-order valence-electron chi connectivity index (χ2n) is 4.37. The van der Waals surface area contributed by atoms with Gasteiger partial charge in [0.15, 0.2) is 0 Å². The molecule has 0 aromatic rings. The molecule has 0 bridgehead atoms. The van der Waals surface area contributed by atoms with Gasteiger partial charge in [0.05, 0.1) is 0 Å². The molecule has 0 rings (SSSR count). The van der Waals surface area contributed by atoms with Gasteiger partial charge in [-0.15, -0.1) is 0 Å². The SMILES string of the molecule is CCCCCC[Si](C)(C)[K]. The van der Waals surface area contributed by atoms with Crippen LogP contribution in [-0.2, 0) is 0 Å². The first-order chi connectivity index (χ1) is 4.56. The van der Waals surface area contributed by atoms with Crippen LogP contribution in [0.3, 0.4) is 0 Å². The first-order valence-corrected chi connectivity index (χ1v) is 13.0. The van der Waals surface area contributed by atoms with Gasteiger partial charge >= 0.3 is 100 Å². The Balaban J connectivity index is 3.04. The van der Waals surface area contributed by atoms with Gasteiger partial charge in [-0.05, 0) is 0 Å². The molecule has 0 unspecified atom stereocenters. The monoisotopic (exact) mass is 182 g/mol. The van der Waals surface area contributed by atoms with Crippen LogP contribution in [-0.4, -0.2) is 48.4 Å². The van der Waals surface area contributed by atoms with Crippen molar-refractivity contribution in [3.63, 3.8) is 0 Å². The van der Waals surface area contributed by atoms with Crippen molar-refractivity contribution in [2.45, 2.75) is 51.7 Å². The molecule has 0 spiro atoms. The zero-order valence-electron chi connectivity index (χ0n) is 8.04. The average Bonchev–Trinajstić information content (AvgIpc) is 1.78. The average molecular weight is 182 g/mol. The molecule has 2 heteroatoms. The molecule has 10 heavy (non-hydrogen) atoms. The molecule has 0 aromatic heterocycles. The van der Waals surface area contributed by atoms with Crippen molar-refractivity contribution < 1.29 is 0 Å². The Morgan fingerprint density at radius 1 is 1.10 bits per heavy atom. The van der Waals surface area contributed by atoms with Crippen molar-refractivity contribution in [2.75, 3.05) is 0 Å². The predicted octanol–water partition coefficient (Wildman–Crippen LogP) is 2.94. The van der Waals surface area contributed by atoms with Gasteiger partial charge in [0.2, 0.25) is 0 Å². The van der Waals surface area contributed by atoms with Crippen LogP contribution < -0.4 is 0 Å². The fourth-order valence-corrected chi connectivity index (χ4v) is 4.05. The number of hydrogen-bond donors (Lipinski definition) is 0. The molecule has 0 radical (unpaired) electrons. The molecule has 0 N–H and O–H groups in total. The van der Waals surface area contributed by atoms with Crippen LogP contribution in [0.2, 0.25) is 19.1 Å². The Morgan fingerprint density at radius 3 is 2.10 bits per heavy atom. The molecule has 0 aliphatic rings. The van der Waals surface area contributed by atoms with Crippen LogP contribution in [0.15, 0.2) is 0 Å². The molecule has 0 saturated carbocycles. The van der Waals surface area contributed by atoms with Crippen molar-refractivity contribution in [1.29, 1.82) is 0 Å². The summed E-state index contributed by atoms with van der Waals surface area (Å²) in [5.41, 5.74) is 0. The predicted molar refractivity (Wildman–Crippen MR) is 52.2 cm³/mol. The molecule has 0 aromatic carbocycles. The summed E-state index contributed by atoms with van der Waals surface area (Å²) < 4.78 is -0.520. The fraction of sp³-hybridized carbons (Fsp3) is 1.00. The number of unbranched alkanes of at least 4 members (excludes halogenated alkanes) is 3. The van der Waals surface area contributed by atoms with E-state index in [2.05, 4.69) is 20.0 Å². The third-order valence-corrected chi connectivity index (χ3v) is 5.98. The quantitative estimate of drug-likeness (QED) is 0.453. The zero-order chi connectivity index (χ0) is 8.04. The fourth-order valence-electron chi connectivity index (χ4n) is 1.08. The Bertz CT molecular complexity index is 75.8. The van der Waals surface area contributed by atoms with Crippen LogP contribution in [0.25, 0.3) is 0 Å². The van der Waals surface area contributed by atoms with E-state index in [0.717, 1.165) is 47.7 Å². The summed E-state index contributed by atoms with van der Waals surface area (Å²) in [6.07, 6.45) is 5.85. The third-order valence-electron chi connectivity index (χ3n) is 1.78. The molecule has 0 aliphatic heterocycles. The molecule has 0 heterocycles. The second kappa shape index (κ2) is 6.38. The van der Waals surface area contributed by atoms with E-state index in [9.17, 15) is 0 Å². The van der Waals surface area contributed by atoms with Crippen molar-refractivity contribution >= 4 is 48.4 Å². The standard InChI is InChI=1S/C8H19Si.K/c1-4-5-6-7-8-9(2)3;/h4-8H2,1-3H3;. The Morgan fingerprint density at radius 2 is 1.70 bits per heavy atom. The Labute approximate surface area is 98.4 Å². The van der Waals surface area contributed by atoms with Gasteiger partial charge in [-0.2, -0.15) is 0 Å².